The van der Waals surface area contributed by atoms with Crippen molar-refractivity contribution < 1.29 is 0 Å². The lowest BCUT2D eigenvalue weighted by atomic mass is 9.84. The second-order valence-electron chi connectivity index (χ2n) is 4.94. The standard InChI is InChI=1S/C11H22N2/c1-9-5-6-11(12)8-13(9)7-10-3-2-4-10/h9-11H,2-8,12H2,1H3. The first-order valence-corrected chi connectivity index (χ1v) is 5.75. The Bertz CT molecular complexity index is 165. The molecule has 76 valence electrons. The van der Waals surface area contributed by atoms with Crippen LogP contribution in [0.3, 0.4) is 0 Å². The Kier molecular flexibility index (Phi) is 2.89. The summed E-state index contributed by atoms with van der Waals surface area (Å²) in [7, 11) is 0. The molecule has 0 bridgehead atoms. The topological polar surface area (TPSA) is 29.3 Å². The molecule has 2 unspecified atom stereocenters. The Morgan fingerprint density at radius 3 is 2.62 bits per heavy atom. The summed E-state index contributed by atoms with van der Waals surface area (Å²) >= 11 is 0. The van der Waals surface area contributed by atoms with Crippen LogP contribution in [-0.4, -0.2) is 30.1 Å². The molecule has 2 atom stereocenters. The summed E-state index contributed by atoms with van der Waals surface area (Å²) in [5, 5.41) is 0. The summed E-state index contributed by atoms with van der Waals surface area (Å²) in [6.07, 6.45) is 6.89. The molecule has 0 radical (unpaired) electrons. The van der Waals surface area contributed by atoms with Crippen molar-refractivity contribution in [3.63, 3.8) is 0 Å². The van der Waals surface area contributed by atoms with E-state index in [1.165, 1.54) is 38.6 Å². The lowest BCUT2D eigenvalue weighted by molar-refractivity contribution is 0.0998. The van der Waals surface area contributed by atoms with Crippen LogP contribution >= 0.6 is 0 Å². The Morgan fingerprint density at radius 1 is 1.23 bits per heavy atom. The van der Waals surface area contributed by atoms with Crippen LogP contribution in [0.2, 0.25) is 0 Å². The Morgan fingerprint density at radius 2 is 2.00 bits per heavy atom. The molecular formula is C11H22N2. The molecule has 2 N–H and O–H groups in total. The highest BCUT2D eigenvalue weighted by Crippen LogP contribution is 2.29. The largest absolute Gasteiger partial charge is 0.327 e. The molecule has 0 spiro atoms. The van der Waals surface area contributed by atoms with Crippen LogP contribution in [0.25, 0.3) is 0 Å². The third-order valence-corrected chi connectivity index (χ3v) is 3.77. The zero-order valence-corrected chi connectivity index (χ0v) is 8.71. The van der Waals surface area contributed by atoms with Crippen LogP contribution in [0.5, 0.6) is 0 Å². The summed E-state index contributed by atoms with van der Waals surface area (Å²) in [6, 6.07) is 1.22. The van der Waals surface area contributed by atoms with Crippen molar-refractivity contribution in [1.82, 2.24) is 4.90 Å². The fourth-order valence-electron chi connectivity index (χ4n) is 2.47. The Labute approximate surface area is 81.5 Å². The maximum atomic E-state index is 5.98. The van der Waals surface area contributed by atoms with Gasteiger partial charge in [0.15, 0.2) is 0 Å². The molecule has 13 heavy (non-hydrogen) atoms. The predicted octanol–water partition coefficient (Wildman–Crippen LogP) is 1.60. The molecule has 1 heterocycles. The molecule has 2 fully saturated rings. The minimum absolute atomic E-state index is 0.441. The molecule has 1 saturated heterocycles. The van der Waals surface area contributed by atoms with Gasteiger partial charge in [0.25, 0.3) is 0 Å². The van der Waals surface area contributed by atoms with Gasteiger partial charge in [-0.25, -0.2) is 0 Å². The van der Waals surface area contributed by atoms with Crippen LogP contribution in [0.15, 0.2) is 0 Å². The molecule has 2 rings (SSSR count). The second-order valence-corrected chi connectivity index (χ2v) is 4.94. The van der Waals surface area contributed by atoms with Crippen LogP contribution < -0.4 is 5.73 Å². The number of piperidine rings is 1. The van der Waals surface area contributed by atoms with Crippen molar-refractivity contribution >= 4 is 0 Å². The highest BCUT2D eigenvalue weighted by atomic mass is 15.2. The van der Waals surface area contributed by atoms with Crippen LogP contribution in [-0.2, 0) is 0 Å². The number of nitrogens with two attached hydrogens (primary N) is 1. The summed E-state index contributed by atoms with van der Waals surface area (Å²) in [6.45, 7) is 4.80. The summed E-state index contributed by atoms with van der Waals surface area (Å²) in [5.41, 5.74) is 5.98. The normalized spacial score (nSPS) is 37.4. The molecule has 0 aromatic rings. The average Bonchev–Trinajstić information content (AvgIpc) is 2.03. The van der Waals surface area contributed by atoms with Gasteiger partial charge in [-0.05, 0) is 38.5 Å². The highest BCUT2D eigenvalue weighted by molar-refractivity contribution is 4.84. The molecule has 1 aliphatic heterocycles. The highest BCUT2D eigenvalue weighted by Gasteiger charge is 2.27. The molecule has 1 saturated carbocycles. The van der Waals surface area contributed by atoms with Crippen molar-refractivity contribution in [1.29, 1.82) is 0 Å². The van der Waals surface area contributed by atoms with E-state index < -0.39 is 0 Å². The van der Waals surface area contributed by atoms with Gasteiger partial charge in [-0.2, -0.15) is 0 Å². The zero-order valence-electron chi connectivity index (χ0n) is 8.71. The Balaban J connectivity index is 1.80. The van der Waals surface area contributed by atoms with Crippen LogP contribution in [0, 0.1) is 5.92 Å². The third kappa shape index (κ3) is 2.23. The van der Waals surface area contributed by atoms with E-state index in [9.17, 15) is 0 Å². The minimum Gasteiger partial charge on any atom is -0.327 e. The lowest BCUT2D eigenvalue weighted by Crippen LogP contribution is -2.49. The van der Waals surface area contributed by atoms with Gasteiger partial charge in [-0.1, -0.05) is 6.42 Å². The maximum Gasteiger partial charge on any atom is 0.0168 e. The maximum absolute atomic E-state index is 5.98. The number of hydrogen-bond donors (Lipinski definition) is 1. The molecular weight excluding hydrogens is 160 g/mol. The summed E-state index contributed by atoms with van der Waals surface area (Å²) in [4.78, 5) is 2.61. The average molecular weight is 182 g/mol. The fourth-order valence-corrected chi connectivity index (χ4v) is 2.47. The number of nitrogens with zero attached hydrogens (tertiary/aromatic N) is 1. The van der Waals surface area contributed by atoms with E-state index in [0.717, 1.165) is 18.5 Å². The number of hydrogen-bond acceptors (Lipinski definition) is 2. The van der Waals surface area contributed by atoms with Gasteiger partial charge in [0.1, 0.15) is 0 Å². The van der Waals surface area contributed by atoms with Gasteiger partial charge in [-0.3, -0.25) is 4.90 Å². The van der Waals surface area contributed by atoms with Crippen molar-refractivity contribution in [2.45, 2.75) is 51.1 Å². The lowest BCUT2D eigenvalue weighted by Gasteiger charge is -2.40. The molecule has 2 nitrogen and oxygen atoms in total. The van der Waals surface area contributed by atoms with E-state index >= 15 is 0 Å². The van der Waals surface area contributed by atoms with E-state index in [4.69, 9.17) is 5.73 Å². The summed E-state index contributed by atoms with van der Waals surface area (Å²) < 4.78 is 0. The van der Waals surface area contributed by atoms with E-state index in [1.807, 2.05) is 0 Å². The van der Waals surface area contributed by atoms with E-state index in [0.29, 0.717) is 6.04 Å². The molecule has 1 aliphatic carbocycles. The number of likely N-dealkylation sites (tertiary alicyclic amines) is 1. The second kappa shape index (κ2) is 3.97. The van der Waals surface area contributed by atoms with Gasteiger partial charge < -0.3 is 5.73 Å². The third-order valence-electron chi connectivity index (χ3n) is 3.77. The molecule has 2 aliphatic rings. The number of rotatable bonds is 2. The van der Waals surface area contributed by atoms with Gasteiger partial charge >= 0.3 is 0 Å². The summed E-state index contributed by atoms with van der Waals surface area (Å²) in [5.74, 6) is 0.993. The zero-order chi connectivity index (χ0) is 9.26. The molecule has 0 aromatic carbocycles. The first-order valence-electron chi connectivity index (χ1n) is 5.75. The van der Waals surface area contributed by atoms with Gasteiger partial charge in [0.2, 0.25) is 0 Å². The van der Waals surface area contributed by atoms with Gasteiger partial charge in [-0.15, -0.1) is 0 Å². The molecule has 2 heteroatoms. The molecule has 0 aromatic heterocycles. The van der Waals surface area contributed by atoms with E-state index in [-0.39, 0.29) is 0 Å². The monoisotopic (exact) mass is 182 g/mol. The fraction of sp³-hybridized carbons (Fsp3) is 1.00. The minimum atomic E-state index is 0.441. The van der Waals surface area contributed by atoms with Gasteiger partial charge in [0, 0.05) is 25.2 Å². The van der Waals surface area contributed by atoms with Crippen LogP contribution in [0.1, 0.15) is 39.0 Å². The SMILES string of the molecule is CC1CCC(N)CN1CC1CCC1. The predicted molar refractivity (Wildman–Crippen MR) is 55.6 cm³/mol. The van der Waals surface area contributed by atoms with E-state index in [1.54, 1.807) is 0 Å². The van der Waals surface area contributed by atoms with Crippen molar-refractivity contribution in [3.05, 3.63) is 0 Å². The molecule has 0 amide bonds. The quantitative estimate of drug-likeness (QED) is 0.703. The van der Waals surface area contributed by atoms with Gasteiger partial charge in [0.05, 0.1) is 0 Å². The van der Waals surface area contributed by atoms with Crippen LogP contribution in [0.4, 0.5) is 0 Å². The van der Waals surface area contributed by atoms with Crippen molar-refractivity contribution in [3.8, 4) is 0 Å². The van der Waals surface area contributed by atoms with E-state index in [2.05, 4.69) is 11.8 Å². The Hall–Kier alpha value is -0.0800. The first kappa shape index (κ1) is 9.47. The van der Waals surface area contributed by atoms with Crippen molar-refractivity contribution in [2.75, 3.05) is 13.1 Å². The smallest absolute Gasteiger partial charge is 0.0168 e. The van der Waals surface area contributed by atoms with Crippen molar-refractivity contribution in [2.24, 2.45) is 11.7 Å². The first-order chi connectivity index (χ1) is 6.25.